The molecule has 1 amide bonds. The standard InChI is InChI=1S/C21H20FNO4S/c22-16-7-5-6-15(12-16)18(24)13-27-21(26)17-8-1-2-9-19(17)28-14-20(25)23-10-3-4-11-23/h1-2,5-9,12H,3-4,10-11,13-14H2. The van der Waals surface area contributed by atoms with Crippen molar-refractivity contribution in [2.75, 3.05) is 25.4 Å². The molecule has 0 saturated carbocycles. The lowest BCUT2D eigenvalue weighted by Crippen LogP contribution is -2.29. The van der Waals surface area contributed by atoms with Crippen molar-refractivity contribution in [2.24, 2.45) is 0 Å². The maximum Gasteiger partial charge on any atom is 0.339 e. The largest absolute Gasteiger partial charge is 0.454 e. The number of nitrogens with zero attached hydrogens (tertiary/aromatic N) is 1. The quantitative estimate of drug-likeness (QED) is 0.403. The highest BCUT2D eigenvalue weighted by atomic mass is 32.2. The number of Topliss-reactive ketones (excluding diaryl/α,β-unsaturated/α-hetero) is 1. The van der Waals surface area contributed by atoms with Crippen molar-refractivity contribution in [3.63, 3.8) is 0 Å². The zero-order valence-electron chi connectivity index (χ0n) is 15.2. The Balaban J connectivity index is 1.59. The number of amides is 1. The molecule has 1 fully saturated rings. The van der Waals surface area contributed by atoms with E-state index in [4.69, 9.17) is 4.74 Å². The van der Waals surface area contributed by atoms with E-state index >= 15 is 0 Å². The molecule has 0 atom stereocenters. The Morgan fingerprint density at radius 1 is 1.04 bits per heavy atom. The Hall–Kier alpha value is -2.67. The van der Waals surface area contributed by atoms with E-state index in [0.29, 0.717) is 10.5 Å². The summed E-state index contributed by atoms with van der Waals surface area (Å²) in [7, 11) is 0. The van der Waals surface area contributed by atoms with Gasteiger partial charge in [-0.3, -0.25) is 9.59 Å². The number of benzene rings is 2. The van der Waals surface area contributed by atoms with E-state index in [9.17, 15) is 18.8 Å². The minimum absolute atomic E-state index is 0.0481. The molecule has 3 rings (SSSR count). The molecule has 0 spiro atoms. The van der Waals surface area contributed by atoms with Crippen LogP contribution in [0.2, 0.25) is 0 Å². The SMILES string of the molecule is O=C(COC(=O)c1ccccc1SCC(=O)N1CCCC1)c1cccc(F)c1. The first-order chi connectivity index (χ1) is 13.5. The number of rotatable bonds is 7. The maximum atomic E-state index is 13.2. The fourth-order valence-electron chi connectivity index (χ4n) is 2.91. The molecule has 0 aromatic heterocycles. The van der Waals surface area contributed by atoms with Crippen molar-refractivity contribution >= 4 is 29.4 Å². The average molecular weight is 401 g/mol. The molecule has 0 bridgehead atoms. The molecule has 28 heavy (non-hydrogen) atoms. The molecule has 146 valence electrons. The molecular weight excluding hydrogens is 381 g/mol. The summed E-state index contributed by atoms with van der Waals surface area (Å²) in [5.74, 6) is -1.37. The third-order valence-electron chi connectivity index (χ3n) is 4.40. The summed E-state index contributed by atoms with van der Waals surface area (Å²) >= 11 is 1.28. The summed E-state index contributed by atoms with van der Waals surface area (Å²) < 4.78 is 18.3. The molecular formula is C21H20FNO4S. The predicted octanol–water partition coefficient (Wildman–Crippen LogP) is 3.58. The van der Waals surface area contributed by atoms with Gasteiger partial charge in [-0.15, -0.1) is 11.8 Å². The van der Waals surface area contributed by atoms with Gasteiger partial charge in [0.15, 0.2) is 12.4 Å². The maximum absolute atomic E-state index is 13.2. The Kier molecular flexibility index (Phi) is 6.81. The van der Waals surface area contributed by atoms with Crippen LogP contribution < -0.4 is 0 Å². The van der Waals surface area contributed by atoms with Gasteiger partial charge in [0.25, 0.3) is 0 Å². The summed E-state index contributed by atoms with van der Waals surface area (Å²) in [6.07, 6.45) is 2.05. The van der Waals surface area contributed by atoms with Gasteiger partial charge in [0, 0.05) is 23.5 Å². The van der Waals surface area contributed by atoms with Gasteiger partial charge in [-0.2, -0.15) is 0 Å². The molecule has 5 nitrogen and oxygen atoms in total. The normalized spacial score (nSPS) is 13.4. The van der Waals surface area contributed by atoms with E-state index in [2.05, 4.69) is 0 Å². The molecule has 2 aromatic carbocycles. The first kappa shape index (κ1) is 20.1. The lowest BCUT2D eigenvalue weighted by Gasteiger charge is -2.15. The summed E-state index contributed by atoms with van der Waals surface area (Å²) in [5, 5.41) is 0. The minimum Gasteiger partial charge on any atom is -0.454 e. The second-order valence-corrected chi connectivity index (χ2v) is 7.40. The highest BCUT2D eigenvalue weighted by Gasteiger charge is 2.20. The molecule has 7 heteroatoms. The first-order valence-electron chi connectivity index (χ1n) is 9.00. The summed E-state index contributed by atoms with van der Waals surface area (Å²) in [4.78, 5) is 39.2. The van der Waals surface area contributed by atoms with Crippen LogP contribution in [-0.2, 0) is 9.53 Å². The van der Waals surface area contributed by atoms with E-state index in [1.165, 1.54) is 30.0 Å². The van der Waals surface area contributed by atoms with Crippen LogP contribution in [0.4, 0.5) is 4.39 Å². The van der Waals surface area contributed by atoms with Crippen LogP contribution in [0.5, 0.6) is 0 Å². The number of ketones is 1. The van der Waals surface area contributed by atoms with Crippen molar-refractivity contribution in [2.45, 2.75) is 17.7 Å². The Bertz CT molecular complexity index is 880. The van der Waals surface area contributed by atoms with Gasteiger partial charge in [-0.1, -0.05) is 24.3 Å². The van der Waals surface area contributed by atoms with Crippen molar-refractivity contribution < 1.29 is 23.5 Å². The van der Waals surface area contributed by atoms with Gasteiger partial charge < -0.3 is 9.64 Å². The molecule has 1 heterocycles. The Labute approximate surface area is 166 Å². The third kappa shape index (κ3) is 5.19. The van der Waals surface area contributed by atoms with Crippen LogP contribution >= 0.6 is 11.8 Å². The van der Waals surface area contributed by atoms with E-state index in [0.717, 1.165) is 32.0 Å². The first-order valence-corrected chi connectivity index (χ1v) is 9.98. The number of hydrogen-bond donors (Lipinski definition) is 0. The third-order valence-corrected chi connectivity index (χ3v) is 5.46. The van der Waals surface area contributed by atoms with Crippen LogP contribution in [-0.4, -0.2) is 48.0 Å². The average Bonchev–Trinajstić information content (AvgIpc) is 3.25. The van der Waals surface area contributed by atoms with Crippen molar-refractivity contribution in [3.05, 3.63) is 65.5 Å². The molecule has 2 aromatic rings. The van der Waals surface area contributed by atoms with E-state index in [1.54, 1.807) is 24.3 Å². The van der Waals surface area contributed by atoms with Gasteiger partial charge in [0.1, 0.15) is 5.82 Å². The molecule has 0 radical (unpaired) electrons. The molecule has 1 aliphatic heterocycles. The number of carbonyl (C=O) groups excluding carboxylic acids is 3. The lowest BCUT2D eigenvalue weighted by molar-refractivity contribution is -0.127. The van der Waals surface area contributed by atoms with Crippen molar-refractivity contribution in [3.8, 4) is 0 Å². The number of thioether (sulfide) groups is 1. The highest BCUT2D eigenvalue weighted by molar-refractivity contribution is 8.00. The summed E-state index contributed by atoms with van der Waals surface area (Å²) in [6.45, 7) is 1.09. The number of hydrogen-bond acceptors (Lipinski definition) is 5. The molecule has 1 saturated heterocycles. The van der Waals surface area contributed by atoms with Crippen LogP contribution in [0.15, 0.2) is 53.4 Å². The van der Waals surface area contributed by atoms with Crippen molar-refractivity contribution in [1.82, 2.24) is 4.90 Å². The molecule has 0 unspecified atom stereocenters. The van der Waals surface area contributed by atoms with Crippen LogP contribution in [0.3, 0.4) is 0 Å². The fraction of sp³-hybridized carbons (Fsp3) is 0.286. The number of carbonyl (C=O) groups is 3. The van der Waals surface area contributed by atoms with E-state index in [-0.39, 0.29) is 17.2 Å². The summed E-state index contributed by atoms with van der Waals surface area (Å²) in [6, 6.07) is 12.0. The highest BCUT2D eigenvalue weighted by Crippen LogP contribution is 2.24. The van der Waals surface area contributed by atoms with E-state index < -0.39 is 24.2 Å². The topological polar surface area (TPSA) is 63.7 Å². The molecule has 0 N–H and O–H groups in total. The van der Waals surface area contributed by atoms with Gasteiger partial charge in [-0.25, -0.2) is 9.18 Å². The van der Waals surface area contributed by atoms with Crippen LogP contribution in [0.1, 0.15) is 33.6 Å². The molecule has 1 aliphatic rings. The number of halogens is 1. The zero-order valence-corrected chi connectivity index (χ0v) is 16.0. The van der Waals surface area contributed by atoms with Gasteiger partial charge in [0.2, 0.25) is 5.91 Å². The lowest BCUT2D eigenvalue weighted by atomic mass is 10.1. The summed E-state index contributed by atoms with van der Waals surface area (Å²) in [5.41, 5.74) is 0.445. The second kappa shape index (κ2) is 9.50. The monoisotopic (exact) mass is 401 g/mol. The molecule has 0 aliphatic carbocycles. The number of esters is 1. The van der Waals surface area contributed by atoms with Gasteiger partial charge in [0.05, 0.1) is 11.3 Å². The number of likely N-dealkylation sites (tertiary alicyclic amines) is 1. The van der Waals surface area contributed by atoms with Crippen LogP contribution in [0, 0.1) is 5.82 Å². The fourth-order valence-corrected chi connectivity index (χ4v) is 3.86. The Morgan fingerprint density at radius 3 is 2.54 bits per heavy atom. The second-order valence-electron chi connectivity index (χ2n) is 6.38. The Morgan fingerprint density at radius 2 is 1.79 bits per heavy atom. The number of ether oxygens (including phenoxy) is 1. The van der Waals surface area contributed by atoms with Gasteiger partial charge in [-0.05, 0) is 37.1 Å². The van der Waals surface area contributed by atoms with Crippen LogP contribution in [0.25, 0.3) is 0 Å². The van der Waals surface area contributed by atoms with Crippen molar-refractivity contribution in [1.29, 1.82) is 0 Å². The predicted molar refractivity (Wildman–Crippen MR) is 104 cm³/mol. The van der Waals surface area contributed by atoms with E-state index in [1.807, 2.05) is 4.90 Å². The zero-order chi connectivity index (χ0) is 19.9. The smallest absolute Gasteiger partial charge is 0.339 e. The minimum atomic E-state index is -0.651. The van der Waals surface area contributed by atoms with Gasteiger partial charge >= 0.3 is 5.97 Å².